The lowest BCUT2D eigenvalue weighted by Crippen LogP contribution is -1.96. The molecule has 0 saturated carbocycles. The van der Waals surface area contributed by atoms with E-state index in [0.29, 0.717) is 6.54 Å². The summed E-state index contributed by atoms with van der Waals surface area (Å²) in [5.74, 6) is 1.02. The lowest BCUT2D eigenvalue weighted by atomic mass is 10.2. The van der Waals surface area contributed by atoms with Gasteiger partial charge in [-0.3, -0.25) is 0 Å². The second-order valence-corrected chi connectivity index (χ2v) is 4.71. The largest absolute Gasteiger partial charge is 0.385 e. The van der Waals surface area contributed by atoms with Gasteiger partial charge in [0.1, 0.15) is 0 Å². The second-order valence-electron chi connectivity index (χ2n) is 3.16. The summed E-state index contributed by atoms with van der Waals surface area (Å²) < 4.78 is 4.98. The molecule has 0 aliphatic rings. The molecule has 0 heterocycles. The Labute approximate surface area is 100 Å². The van der Waals surface area contributed by atoms with Crippen molar-refractivity contribution in [3.63, 3.8) is 0 Å². The van der Waals surface area contributed by atoms with Crippen LogP contribution in [0.2, 0.25) is 5.02 Å². The van der Waals surface area contributed by atoms with Crippen LogP contribution in [0.1, 0.15) is 12.0 Å². The molecule has 2 nitrogen and oxygen atoms in total. The number of thioether (sulfide) groups is 1. The van der Waals surface area contributed by atoms with Crippen molar-refractivity contribution in [1.29, 1.82) is 0 Å². The fourth-order valence-corrected chi connectivity index (χ4v) is 2.38. The Hall–Kier alpha value is -0.220. The minimum Gasteiger partial charge on any atom is -0.385 e. The van der Waals surface area contributed by atoms with Gasteiger partial charge in [0, 0.05) is 30.9 Å². The molecule has 0 aromatic heterocycles. The fourth-order valence-electron chi connectivity index (χ4n) is 1.17. The van der Waals surface area contributed by atoms with Crippen LogP contribution in [-0.2, 0) is 11.3 Å². The number of ether oxygens (including phenoxy) is 1. The number of nitrogens with two attached hydrogens (primary N) is 1. The number of benzene rings is 1. The SMILES string of the molecule is COCCCSc1ccc(CN)cc1Cl. The zero-order valence-corrected chi connectivity index (χ0v) is 10.4. The first-order valence-electron chi connectivity index (χ1n) is 4.88. The highest BCUT2D eigenvalue weighted by molar-refractivity contribution is 7.99. The Morgan fingerprint density at radius 1 is 1.47 bits per heavy atom. The van der Waals surface area contributed by atoms with Crippen molar-refractivity contribution < 1.29 is 4.74 Å². The van der Waals surface area contributed by atoms with Crippen LogP contribution >= 0.6 is 23.4 Å². The Morgan fingerprint density at radius 2 is 2.27 bits per heavy atom. The maximum atomic E-state index is 6.11. The standard InChI is InChI=1S/C11H16ClNOS/c1-14-5-2-6-15-11-4-3-9(8-13)7-10(11)12/h3-4,7H,2,5-6,8,13H2,1H3. The lowest BCUT2D eigenvalue weighted by Gasteiger charge is -2.05. The van der Waals surface area contributed by atoms with Crippen molar-refractivity contribution in [2.75, 3.05) is 19.5 Å². The zero-order chi connectivity index (χ0) is 11.1. The maximum absolute atomic E-state index is 6.11. The Balaban J connectivity index is 2.47. The van der Waals surface area contributed by atoms with Gasteiger partial charge in [0.15, 0.2) is 0 Å². The molecule has 2 N–H and O–H groups in total. The third kappa shape index (κ3) is 4.43. The molecule has 4 heteroatoms. The minimum absolute atomic E-state index is 0.536. The first-order chi connectivity index (χ1) is 7.27. The van der Waals surface area contributed by atoms with Crippen LogP contribution in [-0.4, -0.2) is 19.5 Å². The van der Waals surface area contributed by atoms with Crippen LogP contribution in [0.4, 0.5) is 0 Å². The summed E-state index contributed by atoms with van der Waals surface area (Å²) in [5, 5.41) is 0.792. The van der Waals surface area contributed by atoms with Crippen molar-refractivity contribution in [3.05, 3.63) is 28.8 Å². The molecule has 0 saturated heterocycles. The molecule has 0 unspecified atom stereocenters. The lowest BCUT2D eigenvalue weighted by molar-refractivity contribution is 0.200. The molecule has 0 aliphatic carbocycles. The molecule has 84 valence electrons. The van der Waals surface area contributed by atoms with Gasteiger partial charge >= 0.3 is 0 Å². The molecule has 1 aromatic carbocycles. The van der Waals surface area contributed by atoms with Crippen molar-refractivity contribution in [2.45, 2.75) is 17.9 Å². The summed E-state index contributed by atoms with van der Waals surface area (Å²) in [4.78, 5) is 1.12. The molecule has 0 fully saturated rings. The Kier molecular flexibility index (Phi) is 6.10. The summed E-state index contributed by atoms with van der Waals surface area (Å²) in [6.07, 6.45) is 1.04. The first kappa shape index (κ1) is 12.8. The number of rotatable bonds is 6. The van der Waals surface area contributed by atoms with Crippen molar-refractivity contribution in [2.24, 2.45) is 5.73 Å². The molecule has 0 atom stereocenters. The third-order valence-corrected chi connectivity index (χ3v) is 3.57. The van der Waals surface area contributed by atoms with Gasteiger partial charge in [0.05, 0.1) is 5.02 Å². The topological polar surface area (TPSA) is 35.2 Å². The summed E-state index contributed by atoms with van der Waals surface area (Å²) in [5.41, 5.74) is 6.60. The highest BCUT2D eigenvalue weighted by atomic mass is 35.5. The monoisotopic (exact) mass is 245 g/mol. The number of hydrogen-bond acceptors (Lipinski definition) is 3. The highest BCUT2D eigenvalue weighted by Gasteiger charge is 2.01. The Bertz CT molecular complexity index is 307. The van der Waals surface area contributed by atoms with Crippen LogP contribution in [0.25, 0.3) is 0 Å². The molecule has 0 radical (unpaired) electrons. The van der Waals surface area contributed by atoms with Gasteiger partial charge in [-0.15, -0.1) is 11.8 Å². The molecular formula is C11H16ClNOS. The summed E-state index contributed by atoms with van der Waals surface area (Å²) in [7, 11) is 1.72. The predicted molar refractivity (Wildman–Crippen MR) is 66.6 cm³/mol. The van der Waals surface area contributed by atoms with Gasteiger partial charge in [0.25, 0.3) is 0 Å². The van der Waals surface area contributed by atoms with E-state index in [-0.39, 0.29) is 0 Å². The highest BCUT2D eigenvalue weighted by Crippen LogP contribution is 2.28. The van der Waals surface area contributed by atoms with Crippen molar-refractivity contribution >= 4 is 23.4 Å². The summed E-state index contributed by atoms with van der Waals surface area (Å²) in [6.45, 7) is 1.33. The van der Waals surface area contributed by atoms with E-state index in [1.165, 1.54) is 0 Å². The first-order valence-corrected chi connectivity index (χ1v) is 6.24. The van der Waals surface area contributed by atoms with Gasteiger partial charge in [-0.25, -0.2) is 0 Å². The average molecular weight is 246 g/mol. The minimum atomic E-state index is 0.536. The summed E-state index contributed by atoms with van der Waals surface area (Å²) in [6, 6.07) is 5.98. The predicted octanol–water partition coefficient (Wildman–Crippen LogP) is 2.93. The Morgan fingerprint density at radius 3 is 2.87 bits per heavy atom. The van der Waals surface area contributed by atoms with E-state index in [2.05, 4.69) is 0 Å². The number of methoxy groups -OCH3 is 1. The third-order valence-electron chi connectivity index (χ3n) is 1.98. The van der Waals surface area contributed by atoms with Gasteiger partial charge in [0.2, 0.25) is 0 Å². The molecular weight excluding hydrogens is 230 g/mol. The fraction of sp³-hybridized carbons (Fsp3) is 0.455. The van der Waals surface area contributed by atoms with Gasteiger partial charge < -0.3 is 10.5 Å². The molecule has 0 amide bonds. The van der Waals surface area contributed by atoms with Gasteiger partial charge in [-0.05, 0) is 24.1 Å². The van der Waals surface area contributed by atoms with Crippen LogP contribution in [0.5, 0.6) is 0 Å². The van der Waals surface area contributed by atoms with E-state index in [1.807, 2.05) is 18.2 Å². The molecule has 1 rings (SSSR count). The summed E-state index contributed by atoms with van der Waals surface area (Å²) >= 11 is 7.87. The van der Waals surface area contributed by atoms with Crippen LogP contribution in [0, 0.1) is 0 Å². The molecule has 15 heavy (non-hydrogen) atoms. The van der Waals surface area contributed by atoms with E-state index < -0.39 is 0 Å². The van der Waals surface area contributed by atoms with Crippen molar-refractivity contribution in [1.82, 2.24) is 0 Å². The van der Waals surface area contributed by atoms with Crippen LogP contribution in [0.3, 0.4) is 0 Å². The van der Waals surface area contributed by atoms with E-state index in [0.717, 1.165) is 34.3 Å². The normalized spacial score (nSPS) is 10.6. The van der Waals surface area contributed by atoms with E-state index in [1.54, 1.807) is 18.9 Å². The zero-order valence-electron chi connectivity index (χ0n) is 8.83. The smallest absolute Gasteiger partial charge is 0.0545 e. The van der Waals surface area contributed by atoms with E-state index in [9.17, 15) is 0 Å². The number of halogens is 1. The second kappa shape index (κ2) is 7.12. The quantitative estimate of drug-likeness (QED) is 0.618. The average Bonchev–Trinajstić information content (AvgIpc) is 2.26. The maximum Gasteiger partial charge on any atom is 0.0545 e. The van der Waals surface area contributed by atoms with Gasteiger partial charge in [-0.1, -0.05) is 17.7 Å². The molecule has 0 spiro atoms. The number of hydrogen-bond donors (Lipinski definition) is 1. The van der Waals surface area contributed by atoms with Crippen molar-refractivity contribution in [3.8, 4) is 0 Å². The van der Waals surface area contributed by atoms with Crippen LogP contribution in [0.15, 0.2) is 23.1 Å². The van der Waals surface area contributed by atoms with Gasteiger partial charge in [-0.2, -0.15) is 0 Å². The van der Waals surface area contributed by atoms with E-state index >= 15 is 0 Å². The molecule has 0 bridgehead atoms. The van der Waals surface area contributed by atoms with Crippen LogP contribution < -0.4 is 5.73 Å². The van der Waals surface area contributed by atoms with E-state index in [4.69, 9.17) is 22.1 Å². The molecule has 1 aromatic rings. The molecule has 0 aliphatic heterocycles.